The van der Waals surface area contributed by atoms with Gasteiger partial charge < -0.3 is 5.73 Å². The molecule has 2 unspecified atom stereocenters. The lowest BCUT2D eigenvalue weighted by atomic mass is 10.0. The molecule has 2 nitrogen and oxygen atoms in total. The van der Waals surface area contributed by atoms with E-state index in [9.17, 15) is 4.39 Å². The van der Waals surface area contributed by atoms with Crippen molar-refractivity contribution in [2.75, 3.05) is 19.6 Å². The molecule has 2 N–H and O–H groups in total. The van der Waals surface area contributed by atoms with Crippen LogP contribution in [0.2, 0.25) is 0 Å². The van der Waals surface area contributed by atoms with Crippen molar-refractivity contribution in [2.24, 2.45) is 11.7 Å². The molecule has 1 aromatic carbocycles. The van der Waals surface area contributed by atoms with Crippen LogP contribution in [-0.2, 0) is 0 Å². The Hall–Kier alpha value is -0.930. The Labute approximate surface area is 103 Å². The minimum Gasteiger partial charge on any atom is -0.330 e. The number of nitrogens with zero attached hydrogens (tertiary/aromatic N) is 1. The monoisotopic (exact) mass is 236 g/mol. The highest BCUT2D eigenvalue weighted by molar-refractivity contribution is 5.21. The van der Waals surface area contributed by atoms with E-state index >= 15 is 0 Å². The van der Waals surface area contributed by atoms with Gasteiger partial charge in [-0.15, -0.1) is 0 Å². The topological polar surface area (TPSA) is 29.3 Å². The highest BCUT2D eigenvalue weighted by Gasteiger charge is 2.28. The molecule has 1 saturated heterocycles. The first-order chi connectivity index (χ1) is 8.26. The quantitative estimate of drug-likeness (QED) is 0.870. The normalized spacial score (nSPS) is 22.9. The van der Waals surface area contributed by atoms with Gasteiger partial charge in [0.1, 0.15) is 5.82 Å². The van der Waals surface area contributed by atoms with Gasteiger partial charge in [0.05, 0.1) is 0 Å². The van der Waals surface area contributed by atoms with Crippen molar-refractivity contribution in [3.05, 3.63) is 35.6 Å². The molecule has 2 atom stereocenters. The van der Waals surface area contributed by atoms with Gasteiger partial charge in [-0.1, -0.05) is 25.1 Å². The first-order valence-corrected chi connectivity index (χ1v) is 6.44. The number of rotatable bonds is 4. The largest absolute Gasteiger partial charge is 0.330 e. The lowest BCUT2D eigenvalue weighted by Gasteiger charge is -2.27. The van der Waals surface area contributed by atoms with E-state index in [1.54, 1.807) is 12.1 Å². The summed E-state index contributed by atoms with van der Waals surface area (Å²) in [6.07, 6.45) is 2.08. The maximum atomic E-state index is 13.8. The molecular weight excluding hydrogens is 215 g/mol. The predicted molar refractivity (Wildman–Crippen MR) is 68.2 cm³/mol. The summed E-state index contributed by atoms with van der Waals surface area (Å²) in [4.78, 5) is 2.37. The Morgan fingerprint density at radius 2 is 2.24 bits per heavy atom. The fourth-order valence-corrected chi connectivity index (χ4v) is 2.76. The standard InChI is InChI=1S/C14H21FN2/c1-2-14(12-5-3-4-6-13(12)15)17-8-7-11(9-16)10-17/h3-6,11,14H,2,7-10,16H2,1H3. The van der Waals surface area contributed by atoms with Crippen LogP contribution in [0.1, 0.15) is 31.4 Å². The summed E-state index contributed by atoms with van der Waals surface area (Å²) < 4.78 is 13.8. The van der Waals surface area contributed by atoms with Crippen molar-refractivity contribution >= 4 is 0 Å². The van der Waals surface area contributed by atoms with Crippen LogP contribution in [0, 0.1) is 11.7 Å². The lowest BCUT2D eigenvalue weighted by molar-refractivity contribution is 0.226. The Bertz CT molecular complexity index is 367. The van der Waals surface area contributed by atoms with Crippen molar-refractivity contribution in [3.8, 4) is 0 Å². The Balaban J connectivity index is 2.15. The van der Waals surface area contributed by atoms with Crippen LogP contribution in [0.25, 0.3) is 0 Å². The van der Waals surface area contributed by atoms with Crippen LogP contribution in [0.4, 0.5) is 4.39 Å². The maximum Gasteiger partial charge on any atom is 0.127 e. The van der Waals surface area contributed by atoms with Gasteiger partial charge >= 0.3 is 0 Å². The van der Waals surface area contributed by atoms with Gasteiger partial charge in [-0.3, -0.25) is 4.90 Å². The third kappa shape index (κ3) is 2.67. The molecule has 1 fully saturated rings. The van der Waals surface area contributed by atoms with Crippen molar-refractivity contribution < 1.29 is 4.39 Å². The Morgan fingerprint density at radius 1 is 1.47 bits per heavy atom. The van der Waals surface area contributed by atoms with E-state index in [1.165, 1.54) is 0 Å². The van der Waals surface area contributed by atoms with E-state index in [0.29, 0.717) is 5.92 Å². The molecule has 1 aliphatic heterocycles. The van der Waals surface area contributed by atoms with E-state index in [2.05, 4.69) is 11.8 Å². The molecule has 17 heavy (non-hydrogen) atoms. The van der Waals surface area contributed by atoms with E-state index in [4.69, 9.17) is 5.73 Å². The zero-order valence-corrected chi connectivity index (χ0v) is 10.4. The molecule has 94 valence electrons. The van der Waals surface area contributed by atoms with E-state index in [0.717, 1.165) is 38.0 Å². The van der Waals surface area contributed by atoms with Crippen molar-refractivity contribution in [1.29, 1.82) is 0 Å². The molecule has 0 aromatic heterocycles. The fourth-order valence-electron chi connectivity index (χ4n) is 2.76. The summed E-state index contributed by atoms with van der Waals surface area (Å²) in [7, 11) is 0. The zero-order chi connectivity index (χ0) is 12.3. The second-order valence-electron chi connectivity index (χ2n) is 4.83. The number of benzene rings is 1. The molecule has 1 heterocycles. The smallest absolute Gasteiger partial charge is 0.127 e. The van der Waals surface area contributed by atoms with E-state index in [-0.39, 0.29) is 11.9 Å². The van der Waals surface area contributed by atoms with Gasteiger partial charge in [0.25, 0.3) is 0 Å². The van der Waals surface area contributed by atoms with Gasteiger partial charge in [0.15, 0.2) is 0 Å². The molecule has 3 heteroatoms. The first-order valence-electron chi connectivity index (χ1n) is 6.44. The average molecular weight is 236 g/mol. The summed E-state index contributed by atoms with van der Waals surface area (Å²) in [6.45, 7) is 4.90. The van der Waals surface area contributed by atoms with Gasteiger partial charge in [-0.25, -0.2) is 4.39 Å². The summed E-state index contributed by atoms with van der Waals surface area (Å²) in [5.41, 5.74) is 6.53. The molecule has 0 bridgehead atoms. The van der Waals surface area contributed by atoms with Crippen LogP contribution < -0.4 is 5.73 Å². The number of hydrogen-bond donors (Lipinski definition) is 1. The van der Waals surface area contributed by atoms with Gasteiger partial charge in [0.2, 0.25) is 0 Å². The predicted octanol–water partition coefficient (Wildman–Crippen LogP) is 2.56. The van der Waals surface area contributed by atoms with Crippen LogP contribution in [0.5, 0.6) is 0 Å². The van der Waals surface area contributed by atoms with Gasteiger partial charge in [-0.2, -0.15) is 0 Å². The van der Waals surface area contributed by atoms with Gasteiger partial charge in [0, 0.05) is 18.2 Å². The summed E-state index contributed by atoms with van der Waals surface area (Å²) in [5, 5.41) is 0. The van der Waals surface area contributed by atoms with Crippen molar-refractivity contribution in [3.63, 3.8) is 0 Å². The van der Waals surface area contributed by atoms with Crippen LogP contribution in [0.3, 0.4) is 0 Å². The molecule has 0 aliphatic carbocycles. The minimum absolute atomic E-state index is 0.0875. The SMILES string of the molecule is CCC(c1ccccc1F)N1CCC(CN)C1. The molecule has 0 spiro atoms. The van der Waals surface area contributed by atoms with Gasteiger partial charge in [-0.05, 0) is 37.9 Å². The number of hydrogen-bond acceptors (Lipinski definition) is 2. The molecule has 0 radical (unpaired) electrons. The number of halogens is 1. The van der Waals surface area contributed by atoms with E-state index in [1.807, 2.05) is 12.1 Å². The number of likely N-dealkylation sites (tertiary alicyclic amines) is 1. The highest BCUT2D eigenvalue weighted by atomic mass is 19.1. The van der Waals surface area contributed by atoms with Crippen molar-refractivity contribution in [2.45, 2.75) is 25.8 Å². The second kappa shape index (κ2) is 5.61. The molecule has 0 amide bonds. The molecule has 1 aromatic rings. The Morgan fingerprint density at radius 3 is 2.82 bits per heavy atom. The average Bonchev–Trinajstić information content (AvgIpc) is 2.81. The zero-order valence-electron chi connectivity index (χ0n) is 10.4. The lowest BCUT2D eigenvalue weighted by Crippen LogP contribution is -2.28. The van der Waals surface area contributed by atoms with Crippen molar-refractivity contribution in [1.82, 2.24) is 4.90 Å². The first kappa shape index (κ1) is 12.5. The third-order valence-corrected chi connectivity index (χ3v) is 3.74. The minimum atomic E-state index is -0.0875. The van der Waals surface area contributed by atoms with Crippen LogP contribution >= 0.6 is 0 Å². The van der Waals surface area contributed by atoms with E-state index < -0.39 is 0 Å². The summed E-state index contributed by atoms with van der Waals surface area (Å²) in [6, 6.07) is 7.32. The maximum absolute atomic E-state index is 13.8. The number of nitrogens with two attached hydrogens (primary N) is 1. The second-order valence-corrected chi connectivity index (χ2v) is 4.83. The molecule has 2 rings (SSSR count). The van der Waals surface area contributed by atoms with Crippen LogP contribution in [0.15, 0.2) is 24.3 Å². The highest BCUT2D eigenvalue weighted by Crippen LogP contribution is 2.30. The van der Waals surface area contributed by atoms with Crippen LogP contribution in [-0.4, -0.2) is 24.5 Å². The molecular formula is C14H21FN2. The Kier molecular flexibility index (Phi) is 4.13. The fraction of sp³-hybridized carbons (Fsp3) is 0.571. The molecule has 0 saturated carbocycles. The summed E-state index contributed by atoms with van der Waals surface area (Å²) >= 11 is 0. The summed E-state index contributed by atoms with van der Waals surface area (Å²) in [5.74, 6) is 0.492. The molecule has 1 aliphatic rings. The third-order valence-electron chi connectivity index (χ3n) is 3.74.